The molecule has 1 atom stereocenters. The van der Waals surface area contributed by atoms with Gasteiger partial charge in [-0.15, -0.1) is 0 Å². The van der Waals surface area contributed by atoms with Crippen molar-refractivity contribution < 1.29 is 19.4 Å². The number of nitrogens with zero attached hydrogens (tertiary/aromatic N) is 1. The van der Waals surface area contributed by atoms with Crippen molar-refractivity contribution in [2.24, 2.45) is 0 Å². The Bertz CT molecular complexity index is 718. The first kappa shape index (κ1) is 18.3. The molecule has 2 N–H and O–H groups in total. The van der Waals surface area contributed by atoms with E-state index in [1.807, 2.05) is 43.3 Å². The van der Waals surface area contributed by atoms with Crippen LogP contribution in [0.3, 0.4) is 0 Å². The van der Waals surface area contributed by atoms with Gasteiger partial charge in [0.1, 0.15) is 11.9 Å². The van der Waals surface area contributed by atoms with Crippen LogP contribution < -0.4 is 10.1 Å². The maximum atomic E-state index is 12.2. The lowest BCUT2D eigenvalue weighted by atomic mass is 10.1. The van der Waals surface area contributed by atoms with Gasteiger partial charge in [-0.25, -0.2) is 4.79 Å². The Kier molecular flexibility index (Phi) is 6.39. The number of benzene rings is 2. The van der Waals surface area contributed by atoms with Crippen molar-refractivity contribution >= 4 is 17.7 Å². The van der Waals surface area contributed by atoms with Crippen molar-refractivity contribution in [3.8, 4) is 5.75 Å². The molecule has 0 heterocycles. The van der Waals surface area contributed by atoms with E-state index in [0.717, 1.165) is 5.56 Å². The van der Waals surface area contributed by atoms with E-state index < -0.39 is 5.97 Å². The highest BCUT2D eigenvalue weighted by Gasteiger charge is 2.14. The molecule has 0 spiro atoms. The van der Waals surface area contributed by atoms with E-state index in [0.29, 0.717) is 11.4 Å². The molecule has 0 aliphatic carbocycles. The molecule has 25 heavy (non-hydrogen) atoms. The molecule has 0 aromatic heterocycles. The number of urea groups is 1. The Hall–Kier alpha value is -3.02. The second kappa shape index (κ2) is 8.73. The number of hydrogen-bond donors (Lipinski definition) is 2. The van der Waals surface area contributed by atoms with Crippen molar-refractivity contribution in [2.45, 2.75) is 19.4 Å². The molecule has 0 radical (unpaired) electrons. The van der Waals surface area contributed by atoms with Crippen LogP contribution in [-0.2, 0) is 4.79 Å². The average molecular weight is 342 g/mol. The minimum atomic E-state index is -0.944. The van der Waals surface area contributed by atoms with Crippen LogP contribution >= 0.6 is 0 Å². The molecule has 2 aromatic carbocycles. The minimum absolute atomic E-state index is 0.104. The number of carbonyl (C=O) groups is 2. The van der Waals surface area contributed by atoms with Gasteiger partial charge < -0.3 is 20.1 Å². The topological polar surface area (TPSA) is 78.9 Å². The fraction of sp³-hybridized carbons (Fsp3) is 0.263. The molecule has 0 aliphatic rings. The lowest BCUT2D eigenvalue weighted by molar-refractivity contribution is -0.137. The Morgan fingerprint density at radius 2 is 1.76 bits per heavy atom. The van der Waals surface area contributed by atoms with Crippen LogP contribution in [0, 0.1) is 0 Å². The van der Waals surface area contributed by atoms with E-state index >= 15 is 0 Å². The number of anilines is 1. The number of carbonyl (C=O) groups excluding carboxylic acids is 1. The van der Waals surface area contributed by atoms with Gasteiger partial charge in [0.05, 0.1) is 12.1 Å². The van der Waals surface area contributed by atoms with Gasteiger partial charge in [-0.1, -0.05) is 42.5 Å². The Labute approximate surface area is 147 Å². The van der Waals surface area contributed by atoms with Crippen LogP contribution in [0.5, 0.6) is 5.75 Å². The quantitative estimate of drug-likeness (QED) is 0.803. The maximum absolute atomic E-state index is 12.2. The second-order valence-corrected chi connectivity index (χ2v) is 5.66. The number of carboxylic acids is 1. The smallest absolute Gasteiger partial charge is 0.321 e. The molecule has 2 rings (SSSR count). The summed E-state index contributed by atoms with van der Waals surface area (Å²) in [5, 5.41) is 11.5. The zero-order chi connectivity index (χ0) is 18.2. The Balaban J connectivity index is 2.05. The van der Waals surface area contributed by atoms with Gasteiger partial charge in [0.25, 0.3) is 0 Å². The highest BCUT2D eigenvalue weighted by Crippen LogP contribution is 2.29. The number of nitrogens with one attached hydrogen (secondary N) is 1. The number of carboxylic acid groups (broad SMARTS) is 1. The predicted molar refractivity (Wildman–Crippen MR) is 95.8 cm³/mol. The summed E-state index contributed by atoms with van der Waals surface area (Å²) >= 11 is 0. The highest BCUT2D eigenvalue weighted by molar-refractivity contribution is 5.91. The lowest BCUT2D eigenvalue weighted by Gasteiger charge is -2.20. The predicted octanol–water partition coefficient (Wildman–Crippen LogP) is 3.77. The van der Waals surface area contributed by atoms with Gasteiger partial charge >= 0.3 is 12.0 Å². The zero-order valence-electron chi connectivity index (χ0n) is 14.3. The third-order valence-corrected chi connectivity index (χ3v) is 3.71. The minimum Gasteiger partial charge on any atom is -0.484 e. The van der Waals surface area contributed by atoms with Crippen molar-refractivity contribution in [3.63, 3.8) is 0 Å². The fourth-order valence-corrected chi connectivity index (χ4v) is 2.23. The molecule has 1 unspecified atom stereocenters. The zero-order valence-corrected chi connectivity index (χ0v) is 14.3. The third-order valence-electron chi connectivity index (χ3n) is 3.71. The van der Waals surface area contributed by atoms with Crippen LogP contribution in [0.4, 0.5) is 10.5 Å². The molecular weight excluding hydrogens is 320 g/mol. The third kappa shape index (κ3) is 5.53. The van der Waals surface area contributed by atoms with Gasteiger partial charge in [-0.05, 0) is 24.6 Å². The summed E-state index contributed by atoms with van der Waals surface area (Å²) in [4.78, 5) is 24.1. The van der Waals surface area contributed by atoms with Crippen molar-refractivity contribution in [3.05, 3.63) is 60.2 Å². The largest absolute Gasteiger partial charge is 0.484 e. The van der Waals surface area contributed by atoms with E-state index in [9.17, 15) is 9.59 Å². The SMILES string of the molecule is CC(Oc1ccccc1NC(=O)N(C)CCC(=O)O)c1ccccc1. The van der Waals surface area contributed by atoms with Crippen LogP contribution in [0.15, 0.2) is 54.6 Å². The van der Waals surface area contributed by atoms with Crippen LogP contribution in [-0.4, -0.2) is 35.6 Å². The second-order valence-electron chi connectivity index (χ2n) is 5.66. The number of rotatable bonds is 7. The average Bonchev–Trinajstić information content (AvgIpc) is 2.61. The molecule has 0 saturated carbocycles. The summed E-state index contributed by atoms with van der Waals surface area (Å²) in [5.41, 5.74) is 1.57. The molecular formula is C19H22N2O4. The summed E-state index contributed by atoms with van der Waals surface area (Å²) in [5.74, 6) is -0.390. The molecule has 2 amide bonds. The van der Waals surface area contributed by atoms with E-state index in [1.54, 1.807) is 25.2 Å². The van der Waals surface area contributed by atoms with Crippen LogP contribution in [0.25, 0.3) is 0 Å². The number of ether oxygens (including phenoxy) is 1. The van der Waals surface area contributed by atoms with Gasteiger partial charge in [0.15, 0.2) is 0 Å². The first-order valence-electron chi connectivity index (χ1n) is 8.02. The van der Waals surface area contributed by atoms with Crippen molar-refractivity contribution in [1.29, 1.82) is 0 Å². The summed E-state index contributed by atoms with van der Waals surface area (Å²) < 4.78 is 5.98. The van der Waals surface area contributed by atoms with Crippen molar-refractivity contribution in [1.82, 2.24) is 4.90 Å². The van der Waals surface area contributed by atoms with E-state index in [1.165, 1.54) is 4.90 Å². The molecule has 0 aliphatic heterocycles. The molecule has 6 heteroatoms. The Morgan fingerprint density at radius 1 is 1.12 bits per heavy atom. The van der Waals surface area contributed by atoms with Gasteiger partial charge in [0.2, 0.25) is 0 Å². The number of amides is 2. The number of aliphatic carboxylic acids is 1. The molecule has 132 valence electrons. The molecule has 6 nitrogen and oxygen atoms in total. The number of hydrogen-bond acceptors (Lipinski definition) is 3. The van der Waals surface area contributed by atoms with E-state index in [4.69, 9.17) is 9.84 Å². The number of para-hydroxylation sites is 2. The van der Waals surface area contributed by atoms with Crippen LogP contribution in [0.2, 0.25) is 0 Å². The van der Waals surface area contributed by atoms with E-state index in [-0.39, 0.29) is 25.1 Å². The maximum Gasteiger partial charge on any atom is 0.321 e. The first-order chi connectivity index (χ1) is 12.0. The van der Waals surface area contributed by atoms with Gasteiger partial charge in [-0.3, -0.25) is 4.79 Å². The van der Waals surface area contributed by atoms with Gasteiger partial charge in [-0.2, -0.15) is 0 Å². The summed E-state index contributed by atoms with van der Waals surface area (Å²) in [6, 6.07) is 16.6. The molecule has 0 bridgehead atoms. The molecule has 2 aromatic rings. The van der Waals surface area contributed by atoms with Crippen LogP contribution in [0.1, 0.15) is 25.0 Å². The highest BCUT2D eigenvalue weighted by atomic mass is 16.5. The summed E-state index contributed by atoms with van der Waals surface area (Å²) in [7, 11) is 1.55. The summed E-state index contributed by atoms with van der Waals surface area (Å²) in [6.45, 7) is 2.07. The summed E-state index contributed by atoms with van der Waals surface area (Å²) in [6.07, 6.45) is -0.281. The monoisotopic (exact) mass is 342 g/mol. The Morgan fingerprint density at radius 3 is 2.44 bits per heavy atom. The molecule has 0 saturated heterocycles. The van der Waals surface area contributed by atoms with Gasteiger partial charge in [0, 0.05) is 13.6 Å². The van der Waals surface area contributed by atoms with Crippen molar-refractivity contribution in [2.75, 3.05) is 18.9 Å². The standard InChI is InChI=1S/C19H22N2O4/c1-14(15-8-4-3-5-9-15)25-17-11-7-6-10-16(17)20-19(24)21(2)13-12-18(22)23/h3-11,14H,12-13H2,1-2H3,(H,20,24)(H,22,23). The van der Waals surface area contributed by atoms with E-state index in [2.05, 4.69) is 5.32 Å². The fourth-order valence-electron chi connectivity index (χ4n) is 2.23. The molecule has 0 fully saturated rings. The first-order valence-corrected chi connectivity index (χ1v) is 8.02. The lowest BCUT2D eigenvalue weighted by Crippen LogP contribution is -2.33. The normalized spacial score (nSPS) is 11.4.